The van der Waals surface area contributed by atoms with Gasteiger partial charge in [-0.2, -0.15) is 0 Å². The molecule has 0 bridgehead atoms. The Labute approximate surface area is 130 Å². The predicted molar refractivity (Wildman–Crippen MR) is 85.9 cm³/mol. The van der Waals surface area contributed by atoms with Crippen LogP contribution in [0.2, 0.25) is 0 Å². The third-order valence-electron chi connectivity index (χ3n) is 3.62. The van der Waals surface area contributed by atoms with Crippen LogP contribution in [0.25, 0.3) is 0 Å². The first-order chi connectivity index (χ1) is 9.99. The van der Waals surface area contributed by atoms with Gasteiger partial charge < -0.3 is 10.2 Å². The van der Waals surface area contributed by atoms with E-state index in [1.165, 1.54) is 24.6 Å². The number of carbonyl (C=O) groups is 1. The van der Waals surface area contributed by atoms with Gasteiger partial charge in [-0.1, -0.05) is 24.6 Å². The van der Waals surface area contributed by atoms with Gasteiger partial charge in [-0.15, -0.1) is 10.2 Å². The molecule has 6 nitrogen and oxygen atoms in total. The molecule has 0 aromatic carbocycles. The lowest BCUT2D eigenvalue weighted by Gasteiger charge is -2.17. The molecule has 0 radical (unpaired) electrons. The van der Waals surface area contributed by atoms with Crippen molar-refractivity contribution in [1.82, 2.24) is 20.1 Å². The summed E-state index contributed by atoms with van der Waals surface area (Å²) in [6.45, 7) is 4.19. The minimum Gasteiger partial charge on any atom is -0.353 e. The van der Waals surface area contributed by atoms with Crippen molar-refractivity contribution in [3.05, 3.63) is 0 Å². The second-order valence-corrected chi connectivity index (χ2v) is 6.92. The van der Waals surface area contributed by atoms with E-state index in [-0.39, 0.29) is 11.9 Å². The molecule has 1 heterocycles. The molecule has 1 amide bonds. The van der Waals surface area contributed by atoms with Crippen molar-refractivity contribution in [3.63, 3.8) is 0 Å². The van der Waals surface area contributed by atoms with Crippen molar-refractivity contribution < 1.29 is 4.79 Å². The van der Waals surface area contributed by atoms with Crippen molar-refractivity contribution in [1.29, 1.82) is 0 Å². The summed E-state index contributed by atoms with van der Waals surface area (Å²) in [5.41, 5.74) is 0. The summed E-state index contributed by atoms with van der Waals surface area (Å²) in [5.74, 6) is 1.31. The van der Waals surface area contributed by atoms with Crippen molar-refractivity contribution in [2.24, 2.45) is 0 Å². The molecule has 1 fully saturated rings. The fourth-order valence-corrected chi connectivity index (χ4v) is 3.47. The van der Waals surface area contributed by atoms with E-state index in [9.17, 15) is 4.79 Å². The Balaban J connectivity index is 1.94. The normalized spacial score (nSPS) is 15.7. The van der Waals surface area contributed by atoms with Crippen molar-refractivity contribution in [2.75, 3.05) is 24.7 Å². The summed E-state index contributed by atoms with van der Waals surface area (Å²) in [7, 11) is 3.90. The van der Waals surface area contributed by atoms with Gasteiger partial charge in [0.2, 0.25) is 11.9 Å². The van der Waals surface area contributed by atoms with Crippen LogP contribution in [0, 0.1) is 0 Å². The monoisotopic (exact) mass is 311 g/mol. The smallest absolute Gasteiger partial charge is 0.230 e. The van der Waals surface area contributed by atoms with Crippen molar-refractivity contribution in [3.8, 4) is 0 Å². The van der Waals surface area contributed by atoms with E-state index >= 15 is 0 Å². The first-order valence-electron chi connectivity index (χ1n) is 7.53. The average molecular weight is 311 g/mol. The minimum atomic E-state index is 0.0941. The molecular weight excluding hydrogens is 286 g/mol. The number of hydrogen-bond acceptors (Lipinski definition) is 5. The highest BCUT2D eigenvalue weighted by Gasteiger charge is 2.20. The quantitative estimate of drug-likeness (QED) is 0.815. The van der Waals surface area contributed by atoms with Crippen LogP contribution in [0.1, 0.15) is 45.6 Å². The second kappa shape index (κ2) is 7.15. The summed E-state index contributed by atoms with van der Waals surface area (Å²) in [5, 5.41) is 12.3. The zero-order chi connectivity index (χ0) is 15.4. The van der Waals surface area contributed by atoms with E-state index < -0.39 is 0 Å². The molecule has 0 spiro atoms. The molecule has 1 N–H and O–H groups in total. The van der Waals surface area contributed by atoms with Gasteiger partial charge in [0.05, 0.1) is 5.75 Å². The zero-order valence-corrected chi connectivity index (χ0v) is 14.1. The number of nitrogens with zero attached hydrogens (tertiary/aromatic N) is 4. The highest BCUT2D eigenvalue weighted by Crippen LogP contribution is 2.25. The SMILES string of the molecule is CC(C)n1c(SCC(=O)NC2CCCC2)nnc1N(C)C. The lowest BCUT2D eigenvalue weighted by molar-refractivity contribution is -0.119. The Kier molecular flexibility index (Phi) is 5.50. The molecule has 0 aliphatic heterocycles. The molecule has 1 aromatic rings. The molecule has 7 heteroatoms. The third-order valence-corrected chi connectivity index (χ3v) is 4.56. The van der Waals surface area contributed by atoms with Gasteiger partial charge in [0, 0.05) is 26.2 Å². The maximum atomic E-state index is 12.0. The Morgan fingerprint density at radius 3 is 2.62 bits per heavy atom. The predicted octanol–water partition coefficient (Wildman–Crippen LogP) is 2.08. The van der Waals surface area contributed by atoms with E-state index in [0.29, 0.717) is 11.8 Å². The topological polar surface area (TPSA) is 63.1 Å². The van der Waals surface area contributed by atoms with Gasteiger partial charge in [0.1, 0.15) is 0 Å². The maximum absolute atomic E-state index is 12.0. The molecule has 0 saturated heterocycles. The van der Waals surface area contributed by atoms with Gasteiger partial charge >= 0.3 is 0 Å². The number of nitrogens with one attached hydrogen (secondary N) is 1. The van der Waals surface area contributed by atoms with Crippen LogP contribution in [0.3, 0.4) is 0 Å². The second-order valence-electron chi connectivity index (χ2n) is 5.98. The molecule has 1 aliphatic rings. The molecule has 1 aliphatic carbocycles. The van der Waals surface area contributed by atoms with Crippen molar-refractivity contribution >= 4 is 23.6 Å². The van der Waals surface area contributed by atoms with E-state index in [1.54, 1.807) is 0 Å². The van der Waals surface area contributed by atoms with Crippen molar-refractivity contribution in [2.45, 2.75) is 56.8 Å². The van der Waals surface area contributed by atoms with Crippen LogP contribution in [0.5, 0.6) is 0 Å². The van der Waals surface area contributed by atoms with Gasteiger partial charge in [0.25, 0.3) is 0 Å². The standard InChI is InChI=1S/C14H25N5OS/c1-10(2)19-13(18(3)4)16-17-14(19)21-9-12(20)15-11-7-5-6-8-11/h10-11H,5-9H2,1-4H3,(H,15,20). The molecule has 1 saturated carbocycles. The fraction of sp³-hybridized carbons (Fsp3) is 0.786. The summed E-state index contributed by atoms with van der Waals surface area (Å²) in [4.78, 5) is 13.9. The van der Waals surface area contributed by atoms with Crippen LogP contribution < -0.4 is 10.2 Å². The van der Waals surface area contributed by atoms with Gasteiger partial charge in [-0.25, -0.2) is 0 Å². The summed E-state index contributed by atoms with van der Waals surface area (Å²) in [6.07, 6.45) is 4.69. The van der Waals surface area contributed by atoms with Crippen LogP contribution in [0.15, 0.2) is 5.16 Å². The Morgan fingerprint density at radius 1 is 1.38 bits per heavy atom. The Bertz CT molecular complexity index is 480. The number of rotatable bonds is 6. The fourth-order valence-electron chi connectivity index (χ4n) is 2.59. The number of amides is 1. The van der Waals surface area contributed by atoms with Crippen LogP contribution in [-0.4, -0.2) is 46.6 Å². The average Bonchev–Trinajstić information content (AvgIpc) is 3.04. The zero-order valence-electron chi connectivity index (χ0n) is 13.3. The molecule has 21 heavy (non-hydrogen) atoms. The van der Waals surface area contributed by atoms with Gasteiger partial charge in [-0.05, 0) is 26.7 Å². The largest absolute Gasteiger partial charge is 0.353 e. The highest BCUT2D eigenvalue weighted by molar-refractivity contribution is 7.99. The van der Waals surface area contributed by atoms with Crippen LogP contribution in [0.4, 0.5) is 5.95 Å². The highest BCUT2D eigenvalue weighted by atomic mass is 32.2. The number of carbonyl (C=O) groups excluding carboxylic acids is 1. The van der Waals surface area contributed by atoms with E-state index in [0.717, 1.165) is 23.9 Å². The van der Waals surface area contributed by atoms with Crippen LogP contribution >= 0.6 is 11.8 Å². The Hall–Kier alpha value is -1.24. The lowest BCUT2D eigenvalue weighted by atomic mass is 10.2. The number of aromatic nitrogens is 3. The minimum absolute atomic E-state index is 0.0941. The maximum Gasteiger partial charge on any atom is 0.230 e. The number of anilines is 1. The lowest BCUT2D eigenvalue weighted by Crippen LogP contribution is -2.33. The first-order valence-corrected chi connectivity index (χ1v) is 8.52. The number of thioether (sulfide) groups is 1. The molecule has 0 atom stereocenters. The van der Waals surface area contributed by atoms with E-state index in [1.807, 2.05) is 19.0 Å². The van der Waals surface area contributed by atoms with E-state index in [2.05, 4.69) is 33.9 Å². The molecule has 0 unspecified atom stereocenters. The number of hydrogen-bond donors (Lipinski definition) is 1. The molecule has 118 valence electrons. The van der Waals surface area contributed by atoms with Gasteiger partial charge in [-0.3, -0.25) is 9.36 Å². The third kappa shape index (κ3) is 4.12. The summed E-state index contributed by atoms with van der Waals surface area (Å²) >= 11 is 1.46. The molecular formula is C14H25N5OS. The molecule has 2 rings (SSSR count). The summed E-state index contributed by atoms with van der Waals surface area (Å²) < 4.78 is 2.06. The Morgan fingerprint density at radius 2 is 2.05 bits per heavy atom. The summed E-state index contributed by atoms with van der Waals surface area (Å²) in [6, 6.07) is 0.635. The first kappa shape index (κ1) is 16.1. The van der Waals surface area contributed by atoms with Gasteiger partial charge in [0.15, 0.2) is 5.16 Å². The van der Waals surface area contributed by atoms with E-state index in [4.69, 9.17) is 0 Å². The van der Waals surface area contributed by atoms with Crippen LogP contribution in [-0.2, 0) is 4.79 Å². The molecule has 1 aromatic heterocycles.